The molecule has 0 aliphatic carbocycles. The monoisotopic (exact) mass is 572 g/mol. The Morgan fingerprint density at radius 2 is 1.43 bits per heavy atom. The molecular formula is C32H23F3N2O5. The zero-order chi connectivity index (χ0) is 29.7. The molecule has 4 aromatic carbocycles. The SMILES string of the molecule is O=C(N[C@@H](Cc1ccc(-c2ccccc2)cc1)C(=O)O)c1cc2cc(Oc3ccc(OC(F)(F)F)cc3)ccc2cn1. The lowest BCUT2D eigenvalue weighted by molar-refractivity contribution is -0.274. The molecule has 212 valence electrons. The molecule has 10 heteroatoms. The lowest BCUT2D eigenvalue weighted by Crippen LogP contribution is -2.42. The van der Waals surface area contributed by atoms with Crippen LogP contribution in [0.15, 0.2) is 109 Å². The second kappa shape index (κ2) is 12.0. The van der Waals surface area contributed by atoms with Crippen molar-refractivity contribution in [1.82, 2.24) is 10.3 Å². The molecule has 1 heterocycles. The highest BCUT2D eigenvalue weighted by atomic mass is 19.4. The Bertz CT molecular complexity index is 1710. The van der Waals surface area contributed by atoms with E-state index in [1.165, 1.54) is 24.4 Å². The number of alkyl halides is 3. The number of nitrogens with one attached hydrogen (secondary N) is 1. The molecule has 0 aliphatic heterocycles. The summed E-state index contributed by atoms with van der Waals surface area (Å²) in [6.45, 7) is 0. The first-order valence-corrected chi connectivity index (χ1v) is 12.7. The zero-order valence-corrected chi connectivity index (χ0v) is 21.8. The minimum Gasteiger partial charge on any atom is -0.480 e. The molecule has 0 bridgehead atoms. The van der Waals surface area contributed by atoms with E-state index in [0.29, 0.717) is 16.5 Å². The number of hydrogen-bond acceptors (Lipinski definition) is 5. The third-order valence-electron chi connectivity index (χ3n) is 6.32. The van der Waals surface area contributed by atoms with Crippen LogP contribution in [0.1, 0.15) is 16.1 Å². The number of pyridine rings is 1. The van der Waals surface area contributed by atoms with Gasteiger partial charge in [0.05, 0.1) is 0 Å². The van der Waals surface area contributed by atoms with Gasteiger partial charge < -0.3 is 19.9 Å². The van der Waals surface area contributed by atoms with Gasteiger partial charge in [0.1, 0.15) is 29.0 Å². The predicted octanol–water partition coefficient (Wildman–Crippen LogP) is 7.02. The van der Waals surface area contributed by atoms with Gasteiger partial charge in [0.25, 0.3) is 5.91 Å². The second-order valence-electron chi connectivity index (χ2n) is 9.33. The second-order valence-corrected chi connectivity index (χ2v) is 9.33. The van der Waals surface area contributed by atoms with Gasteiger partial charge in [-0.2, -0.15) is 0 Å². The first-order chi connectivity index (χ1) is 20.1. The normalized spacial score (nSPS) is 12.0. The molecule has 1 aromatic heterocycles. The quantitative estimate of drug-likeness (QED) is 0.197. The van der Waals surface area contributed by atoms with Crippen molar-refractivity contribution in [2.75, 3.05) is 0 Å². The Morgan fingerprint density at radius 1 is 0.786 bits per heavy atom. The average Bonchev–Trinajstić information content (AvgIpc) is 2.97. The number of carboxylic acid groups (broad SMARTS) is 1. The predicted molar refractivity (Wildman–Crippen MR) is 149 cm³/mol. The van der Waals surface area contributed by atoms with Crippen LogP contribution in [0.25, 0.3) is 21.9 Å². The number of halogens is 3. The van der Waals surface area contributed by atoms with Crippen molar-refractivity contribution >= 4 is 22.6 Å². The summed E-state index contributed by atoms with van der Waals surface area (Å²) in [4.78, 5) is 29.1. The van der Waals surface area contributed by atoms with Crippen molar-refractivity contribution in [2.45, 2.75) is 18.8 Å². The highest BCUT2D eigenvalue weighted by molar-refractivity contribution is 5.98. The van der Waals surface area contributed by atoms with E-state index in [1.807, 2.05) is 54.6 Å². The molecule has 0 spiro atoms. The van der Waals surface area contributed by atoms with Crippen LogP contribution in [0.4, 0.5) is 13.2 Å². The van der Waals surface area contributed by atoms with Crippen molar-refractivity contribution in [3.63, 3.8) is 0 Å². The Kier molecular flexibility index (Phi) is 8.05. The summed E-state index contributed by atoms with van der Waals surface area (Å²) >= 11 is 0. The van der Waals surface area contributed by atoms with E-state index >= 15 is 0 Å². The van der Waals surface area contributed by atoms with E-state index in [2.05, 4.69) is 15.0 Å². The van der Waals surface area contributed by atoms with Gasteiger partial charge in [-0.05, 0) is 70.6 Å². The van der Waals surface area contributed by atoms with Crippen LogP contribution in [0.3, 0.4) is 0 Å². The number of amides is 1. The maximum absolute atomic E-state index is 13.0. The fourth-order valence-electron chi connectivity index (χ4n) is 4.28. The zero-order valence-electron chi connectivity index (χ0n) is 21.8. The number of rotatable bonds is 9. The highest BCUT2D eigenvalue weighted by Gasteiger charge is 2.31. The molecule has 0 saturated heterocycles. The molecular weight excluding hydrogens is 549 g/mol. The third-order valence-corrected chi connectivity index (χ3v) is 6.32. The highest BCUT2D eigenvalue weighted by Crippen LogP contribution is 2.29. The van der Waals surface area contributed by atoms with Gasteiger partial charge in [0, 0.05) is 18.0 Å². The molecule has 0 radical (unpaired) electrons. The Hall–Kier alpha value is -5.38. The van der Waals surface area contributed by atoms with Crippen LogP contribution in [-0.4, -0.2) is 34.4 Å². The van der Waals surface area contributed by atoms with Crippen LogP contribution in [-0.2, 0) is 11.2 Å². The Balaban J connectivity index is 1.27. The molecule has 1 atom stereocenters. The summed E-state index contributed by atoms with van der Waals surface area (Å²) in [6.07, 6.45) is -3.23. The number of benzene rings is 4. The number of carboxylic acids is 1. The first-order valence-electron chi connectivity index (χ1n) is 12.7. The van der Waals surface area contributed by atoms with Crippen molar-refractivity contribution in [3.8, 4) is 28.4 Å². The summed E-state index contributed by atoms with van der Waals surface area (Å²) in [5, 5.41) is 13.6. The van der Waals surface area contributed by atoms with Gasteiger partial charge in [-0.3, -0.25) is 9.78 Å². The average molecular weight is 573 g/mol. The van der Waals surface area contributed by atoms with Crippen molar-refractivity contribution in [1.29, 1.82) is 0 Å². The largest absolute Gasteiger partial charge is 0.573 e. The molecule has 5 rings (SSSR count). The van der Waals surface area contributed by atoms with Gasteiger partial charge in [-0.1, -0.05) is 54.6 Å². The number of fused-ring (bicyclic) bond motifs is 1. The lowest BCUT2D eigenvalue weighted by atomic mass is 10.0. The maximum Gasteiger partial charge on any atom is 0.573 e. The fourth-order valence-corrected chi connectivity index (χ4v) is 4.28. The molecule has 0 aliphatic rings. The van der Waals surface area contributed by atoms with E-state index in [4.69, 9.17) is 4.74 Å². The van der Waals surface area contributed by atoms with Gasteiger partial charge in [-0.25, -0.2) is 4.79 Å². The van der Waals surface area contributed by atoms with Crippen LogP contribution in [0.2, 0.25) is 0 Å². The maximum atomic E-state index is 13.0. The van der Waals surface area contributed by atoms with Gasteiger partial charge in [0.2, 0.25) is 0 Å². The minimum absolute atomic E-state index is 0.0129. The minimum atomic E-state index is -4.79. The van der Waals surface area contributed by atoms with Gasteiger partial charge in [-0.15, -0.1) is 13.2 Å². The standard InChI is InChI=1S/C32H23F3N2O5/c33-32(34,35)42-26-14-12-25(13-15-26)41-27-11-10-23-19-36-28(18-24(23)17-27)30(38)37-29(31(39)40)16-20-6-8-22(9-7-20)21-4-2-1-3-5-21/h1-15,17-19,29H,16H2,(H,37,38)(H,39,40)/t29-/m0/s1. The molecule has 0 saturated carbocycles. The van der Waals surface area contributed by atoms with E-state index in [1.54, 1.807) is 18.2 Å². The summed E-state index contributed by atoms with van der Waals surface area (Å²) < 4.78 is 46.7. The number of aromatic nitrogens is 1. The van der Waals surface area contributed by atoms with Crippen molar-refractivity contribution in [3.05, 3.63) is 121 Å². The van der Waals surface area contributed by atoms with Gasteiger partial charge in [0.15, 0.2) is 0 Å². The van der Waals surface area contributed by atoms with Crippen molar-refractivity contribution < 1.29 is 37.3 Å². The molecule has 0 unspecified atom stereocenters. The van der Waals surface area contributed by atoms with E-state index in [0.717, 1.165) is 28.8 Å². The molecule has 0 fully saturated rings. The summed E-state index contributed by atoms with van der Waals surface area (Å²) in [5.41, 5.74) is 2.79. The number of aliphatic carboxylic acids is 1. The van der Waals surface area contributed by atoms with E-state index in [-0.39, 0.29) is 23.6 Å². The molecule has 5 aromatic rings. The van der Waals surface area contributed by atoms with Gasteiger partial charge >= 0.3 is 12.3 Å². The lowest BCUT2D eigenvalue weighted by Gasteiger charge is -2.15. The van der Waals surface area contributed by atoms with Crippen LogP contribution in [0, 0.1) is 0 Å². The first kappa shape index (κ1) is 28.2. The number of carbonyl (C=O) groups excluding carboxylic acids is 1. The van der Waals surface area contributed by atoms with Crippen LogP contribution >= 0.6 is 0 Å². The topological polar surface area (TPSA) is 97.8 Å². The van der Waals surface area contributed by atoms with Crippen LogP contribution < -0.4 is 14.8 Å². The Morgan fingerprint density at radius 3 is 2.10 bits per heavy atom. The smallest absolute Gasteiger partial charge is 0.480 e. The summed E-state index contributed by atoms with van der Waals surface area (Å²) in [7, 11) is 0. The molecule has 1 amide bonds. The summed E-state index contributed by atoms with van der Waals surface area (Å²) in [6, 6.07) is 27.5. The number of carbonyl (C=O) groups is 2. The number of ether oxygens (including phenoxy) is 2. The van der Waals surface area contributed by atoms with E-state index < -0.39 is 24.3 Å². The third kappa shape index (κ3) is 7.22. The van der Waals surface area contributed by atoms with Crippen LogP contribution in [0.5, 0.6) is 17.2 Å². The molecule has 42 heavy (non-hydrogen) atoms. The van der Waals surface area contributed by atoms with E-state index in [9.17, 15) is 27.9 Å². The Labute approximate surface area is 238 Å². The molecule has 2 N–H and O–H groups in total. The summed E-state index contributed by atoms with van der Waals surface area (Å²) in [5.74, 6) is -1.57. The van der Waals surface area contributed by atoms with Crippen molar-refractivity contribution in [2.24, 2.45) is 0 Å². The number of hydrogen-bond donors (Lipinski definition) is 2. The number of nitrogens with zero attached hydrogens (tertiary/aromatic N) is 1. The molecule has 7 nitrogen and oxygen atoms in total. The fraction of sp³-hybridized carbons (Fsp3) is 0.0938.